The average Bonchev–Trinajstić information content (AvgIpc) is 3.00. The molecular formula is C15H20N4O2S. The van der Waals surface area contributed by atoms with Gasteiger partial charge in [-0.15, -0.1) is 5.10 Å². The van der Waals surface area contributed by atoms with Crippen LogP contribution in [0.2, 0.25) is 0 Å². The van der Waals surface area contributed by atoms with Crippen LogP contribution < -0.4 is 0 Å². The lowest BCUT2D eigenvalue weighted by Gasteiger charge is -2.20. The van der Waals surface area contributed by atoms with Crippen LogP contribution in [0, 0.1) is 5.41 Å². The number of para-hydroxylation sites is 1. The minimum atomic E-state index is -0.434. The first-order valence-corrected chi connectivity index (χ1v) is 8.17. The number of hydrogen-bond acceptors (Lipinski definition) is 6. The van der Waals surface area contributed by atoms with Crippen LogP contribution in [0.5, 0.6) is 0 Å². The Bertz CT molecular complexity index is 613. The minimum absolute atomic E-state index is 0.168. The summed E-state index contributed by atoms with van der Waals surface area (Å²) < 4.78 is 6.97. The Morgan fingerprint density at radius 3 is 2.73 bits per heavy atom. The highest BCUT2D eigenvalue weighted by molar-refractivity contribution is 7.99. The second kappa shape index (κ2) is 7.40. The fraction of sp³-hybridized carbons (Fsp3) is 0.467. The van der Waals surface area contributed by atoms with E-state index in [1.54, 1.807) is 4.68 Å². The predicted molar refractivity (Wildman–Crippen MR) is 84.9 cm³/mol. The van der Waals surface area contributed by atoms with Crippen molar-refractivity contribution >= 4 is 17.7 Å². The van der Waals surface area contributed by atoms with Crippen molar-refractivity contribution in [3.05, 3.63) is 30.3 Å². The van der Waals surface area contributed by atoms with Gasteiger partial charge in [0.15, 0.2) is 0 Å². The number of carbonyl (C=O) groups excluding carboxylic acids is 1. The average molecular weight is 320 g/mol. The van der Waals surface area contributed by atoms with Crippen molar-refractivity contribution in [2.75, 3.05) is 12.4 Å². The zero-order chi connectivity index (χ0) is 16.0. The van der Waals surface area contributed by atoms with Gasteiger partial charge in [0, 0.05) is 5.75 Å². The van der Waals surface area contributed by atoms with Crippen molar-refractivity contribution in [1.82, 2.24) is 20.2 Å². The third-order valence-corrected chi connectivity index (χ3v) is 4.31. The summed E-state index contributed by atoms with van der Waals surface area (Å²) in [5.41, 5.74) is 0.468. The first kappa shape index (κ1) is 16.5. The third-order valence-electron chi connectivity index (χ3n) is 3.43. The van der Waals surface area contributed by atoms with Gasteiger partial charge in [-0.3, -0.25) is 4.79 Å². The summed E-state index contributed by atoms with van der Waals surface area (Å²) in [6, 6.07) is 9.67. The number of hydrogen-bond donors (Lipinski definition) is 0. The van der Waals surface area contributed by atoms with Crippen LogP contribution in [0.15, 0.2) is 35.5 Å². The van der Waals surface area contributed by atoms with Crippen LogP contribution in [0.4, 0.5) is 0 Å². The zero-order valence-corrected chi connectivity index (χ0v) is 13.8. The number of thioether (sulfide) groups is 1. The van der Waals surface area contributed by atoms with Crippen molar-refractivity contribution < 1.29 is 9.53 Å². The van der Waals surface area contributed by atoms with Crippen LogP contribution in [0.1, 0.15) is 27.2 Å². The Morgan fingerprint density at radius 1 is 1.32 bits per heavy atom. The van der Waals surface area contributed by atoms with Gasteiger partial charge in [-0.2, -0.15) is 4.68 Å². The summed E-state index contributed by atoms with van der Waals surface area (Å²) in [6.45, 7) is 6.09. The molecular weight excluding hydrogens is 300 g/mol. The molecule has 0 aliphatic heterocycles. The van der Waals surface area contributed by atoms with Crippen molar-refractivity contribution in [2.45, 2.75) is 32.3 Å². The summed E-state index contributed by atoms with van der Waals surface area (Å²) in [5.74, 6) is 0.442. The first-order valence-electron chi connectivity index (χ1n) is 7.18. The van der Waals surface area contributed by atoms with Crippen LogP contribution in [-0.2, 0) is 9.53 Å². The van der Waals surface area contributed by atoms with Gasteiger partial charge < -0.3 is 4.74 Å². The zero-order valence-electron chi connectivity index (χ0n) is 13.0. The van der Waals surface area contributed by atoms with Crippen molar-refractivity contribution in [3.8, 4) is 5.69 Å². The molecule has 0 unspecified atom stereocenters. The number of ether oxygens (including phenoxy) is 1. The molecule has 2 rings (SSSR count). The van der Waals surface area contributed by atoms with E-state index in [1.165, 1.54) is 11.8 Å². The molecule has 0 spiro atoms. The Hall–Kier alpha value is -1.89. The summed E-state index contributed by atoms with van der Waals surface area (Å²) in [6.07, 6.45) is 0.755. The fourth-order valence-corrected chi connectivity index (χ4v) is 2.31. The van der Waals surface area contributed by atoms with E-state index >= 15 is 0 Å². The second-order valence-corrected chi connectivity index (χ2v) is 6.49. The van der Waals surface area contributed by atoms with Crippen LogP contribution in [0.3, 0.4) is 0 Å². The lowest BCUT2D eigenvalue weighted by atomic mass is 9.91. The molecule has 0 fully saturated rings. The molecule has 7 heteroatoms. The Balaban J connectivity index is 1.87. The molecule has 118 valence electrons. The van der Waals surface area contributed by atoms with E-state index in [1.807, 2.05) is 51.1 Å². The van der Waals surface area contributed by atoms with Crippen molar-refractivity contribution in [3.63, 3.8) is 0 Å². The van der Waals surface area contributed by atoms with E-state index < -0.39 is 5.41 Å². The summed E-state index contributed by atoms with van der Waals surface area (Å²) in [7, 11) is 0. The summed E-state index contributed by atoms with van der Waals surface area (Å²) >= 11 is 1.46. The SMILES string of the molecule is CCC(C)(C)C(=O)OCCSc1nnnn1-c1ccccc1. The van der Waals surface area contributed by atoms with Gasteiger partial charge in [0.25, 0.3) is 0 Å². The van der Waals surface area contributed by atoms with E-state index in [-0.39, 0.29) is 5.97 Å². The van der Waals surface area contributed by atoms with Gasteiger partial charge in [0.1, 0.15) is 6.61 Å². The lowest BCUT2D eigenvalue weighted by Crippen LogP contribution is -2.26. The van der Waals surface area contributed by atoms with Crippen molar-refractivity contribution in [1.29, 1.82) is 0 Å². The molecule has 0 saturated heterocycles. The van der Waals surface area contributed by atoms with Gasteiger partial charge in [-0.05, 0) is 42.8 Å². The van der Waals surface area contributed by atoms with Crippen LogP contribution >= 0.6 is 11.8 Å². The number of aromatic nitrogens is 4. The van der Waals surface area contributed by atoms with Gasteiger partial charge in [-0.1, -0.05) is 36.9 Å². The molecule has 0 radical (unpaired) electrons. The van der Waals surface area contributed by atoms with Gasteiger partial charge >= 0.3 is 5.97 Å². The Kier molecular flexibility index (Phi) is 5.54. The summed E-state index contributed by atoms with van der Waals surface area (Å²) in [4.78, 5) is 11.9. The minimum Gasteiger partial charge on any atom is -0.464 e. The van der Waals surface area contributed by atoms with Crippen LogP contribution in [0.25, 0.3) is 5.69 Å². The molecule has 0 saturated carbocycles. The number of rotatable bonds is 7. The lowest BCUT2D eigenvalue weighted by molar-refractivity contribution is -0.153. The van der Waals surface area contributed by atoms with Gasteiger partial charge in [-0.25, -0.2) is 0 Å². The largest absolute Gasteiger partial charge is 0.464 e. The number of carbonyl (C=O) groups is 1. The number of benzene rings is 1. The standard InChI is InChI=1S/C15H20N4O2S/c1-4-15(2,3)13(20)21-10-11-22-14-16-17-18-19(14)12-8-6-5-7-9-12/h5-9H,4,10-11H2,1-3H3. The normalized spacial score (nSPS) is 11.4. The maximum atomic E-state index is 11.9. The molecule has 0 N–H and O–H groups in total. The highest BCUT2D eigenvalue weighted by Gasteiger charge is 2.26. The second-order valence-electron chi connectivity index (χ2n) is 5.43. The molecule has 1 heterocycles. The van der Waals surface area contributed by atoms with Gasteiger partial charge in [0.05, 0.1) is 11.1 Å². The topological polar surface area (TPSA) is 69.9 Å². The van der Waals surface area contributed by atoms with Gasteiger partial charge in [0.2, 0.25) is 5.16 Å². The van der Waals surface area contributed by atoms with E-state index in [0.29, 0.717) is 17.5 Å². The Morgan fingerprint density at radius 2 is 2.05 bits per heavy atom. The maximum Gasteiger partial charge on any atom is 0.311 e. The molecule has 0 aliphatic rings. The molecule has 22 heavy (non-hydrogen) atoms. The number of nitrogens with zero attached hydrogens (tertiary/aromatic N) is 4. The molecule has 0 aliphatic carbocycles. The van der Waals surface area contributed by atoms with E-state index in [0.717, 1.165) is 12.1 Å². The molecule has 1 aromatic heterocycles. The summed E-state index contributed by atoms with van der Waals surface area (Å²) in [5, 5.41) is 12.4. The predicted octanol–water partition coefficient (Wildman–Crippen LogP) is 2.73. The number of esters is 1. The van der Waals surface area contributed by atoms with E-state index in [9.17, 15) is 4.79 Å². The molecule has 0 bridgehead atoms. The van der Waals surface area contributed by atoms with E-state index in [2.05, 4.69) is 15.5 Å². The van der Waals surface area contributed by atoms with Crippen LogP contribution in [-0.4, -0.2) is 38.5 Å². The molecule has 0 amide bonds. The molecule has 1 aromatic carbocycles. The highest BCUT2D eigenvalue weighted by atomic mass is 32.2. The molecule has 2 aromatic rings. The van der Waals surface area contributed by atoms with Crippen molar-refractivity contribution in [2.24, 2.45) is 5.41 Å². The maximum absolute atomic E-state index is 11.9. The number of tetrazole rings is 1. The smallest absolute Gasteiger partial charge is 0.311 e. The Labute approximate surface area is 134 Å². The molecule has 0 atom stereocenters. The first-order chi connectivity index (χ1) is 10.5. The van der Waals surface area contributed by atoms with E-state index in [4.69, 9.17) is 4.74 Å². The quantitative estimate of drug-likeness (QED) is 0.444. The fourth-order valence-electron chi connectivity index (χ4n) is 1.61. The third kappa shape index (κ3) is 4.07. The monoisotopic (exact) mass is 320 g/mol. The highest BCUT2D eigenvalue weighted by Crippen LogP contribution is 2.22. The molecule has 6 nitrogen and oxygen atoms in total.